The summed E-state index contributed by atoms with van der Waals surface area (Å²) >= 11 is 0. The average Bonchev–Trinajstić information content (AvgIpc) is 2.98. The second-order valence-corrected chi connectivity index (χ2v) is 13.0. The van der Waals surface area contributed by atoms with Crippen molar-refractivity contribution in [3.8, 4) is 5.75 Å². The van der Waals surface area contributed by atoms with Gasteiger partial charge in [0.1, 0.15) is 5.75 Å². The van der Waals surface area contributed by atoms with Gasteiger partial charge in [-0.1, -0.05) is 39.7 Å². The Labute approximate surface area is 146 Å². The van der Waals surface area contributed by atoms with E-state index in [1.807, 2.05) is 12.1 Å². The van der Waals surface area contributed by atoms with Gasteiger partial charge in [-0.25, -0.2) is 4.79 Å². The second kappa shape index (κ2) is 7.14. The minimum Gasteiger partial charge on any atom is -0.543 e. The van der Waals surface area contributed by atoms with Crippen molar-refractivity contribution in [3.05, 3.63) is 35.4 Å². The summed E-state index contributed by atoms with van der Waals surface area (Å²) in [6, 6.07) is 6.12. The predicted molar refractivity (Wildman–Crippen MR) is 102 cm³/mol. The number of carboxylic acid groups (broad SMARTS) is 1. The van der Waals surface area contributed by atoms with E-state index in [1.165, 1.54) is 37.3 Å². The average molecular weight is 347 g/mol. The van der Waals surface area contributed by atoms with Crippen molar-refractivity contribution in [3.63, 3.8) is 0 Å². The molecule has 0 radical (unpaired) electrons. The molecule has 0 amide bonds. The zero-order valence-corrected chi connectivity index (χ0v) is 16.6. The highest BCUT2D eigenvalue weighted by Gasteiger charge is 2.39. The number of hydrogen-bond acceptors (Lipinski definition) is 2. The normalized spacial score (nSPS) is 16.7. The van der Waals surface area contributed by atoms with E-state index in [0.717, 1.165) is 11.3 Å². The smallest absolute Gasteiger partial charge is 0.328 e. The van der Waals surface area contributed by atoms with Crippen LogP contribution in [0.25, 0.3) is 6.08 Å². The summed E-state index contributed by atoms with van der Waals surface area (Å²) in [7, 11) is -1.89. The first kappa shape index (κ1) is 18.8. The van der Waals surface area contributed by atoms with E-state index in [4.69, 9.17) is 9.53 Å². The van der Waals surface area contributed by atoms with Crippen LogP contribution in [-0.4, -0.2) is 19.4 Å². The van der Waals surface area contributed by atoms with Crippen LogP contribution in [-0.2, 0) is 4.79 Å². The topological polar surface area (TPSA) is 46.5 Å². The van der Waals surface area contributed by atoms with Gasteiger partial charge in [0.25, 0.3) is 0 Å². The molecule has 0 saturated heterocycles. The SMILES string of the molecule is CC(C)(C)[Si](C)(C)Oc1ccc(/C=C/C(=O)O)cc1C1CCCC1. The van der Waals surface area contributed by atoms with E-state index in [-0.39, 0.29) is 5.04 Å². The maximum Gasteiger partial charge on any atom is 0.328 e. The third-order valence-corrected chi connectivity index (χ3v) is 9.76. The highest BCUT2D eigenvalue weighted by atomic mass is 28.4. The summed E-state index contributed by atoms with van der Waals surface area (Å²) in [5.74, 6) is 0.614. The van der Waals surface area contributed by atoms with Gasteiger partial charge in [0.05, 0.1) is 0 Å². The molecule has 1 saturated carbocycles. The largest absolute Gasteiger partial charge is 0.543 e. The van der Waals surface area contributed by atoms with E-state index < -0.39 is 14.3 Å². The molecule has 4 heteroatoms. The molecule has 1 N–H and O–H groups in total. The molecule has 0 heterocycles. The van der Waals surface area contributed by atoms with Gasteiger partial charge in [-0.3, -0.25) is 0 Å². The van der Waals surface area contributed by atoms with Gasteiger partial charge < -0.3 is 9.53 Å². The summed E-state index contributed by atoms with van der Waals surface area (Å²) in [5, 5.41) is 9.00. The lowest BCUT2D eigenvalue weighted by Gasteiger charge is -2.37. The fourth-order valence-corrected chi connectivity index (χ4v) is 3.96. The Kier molecular flexibility index (Phi) is 5.58. The first-order chi connectivity index (χ1) is 11.1. The van der Waals surface area contributed by atoms with Crippen LogP contribution in [0.2, 0.25) is 18.1 Å². The molecular weight excluding hydrogens is 316 g/mol. The van der Waals surface area contributed by atoms with Gasteiger partial charge in [0.15, 0.2) is 0 Å². The van der Waals surface area contributed by atoms with Crippen LogP contribution in [0.15, 0.2) is 24.3 Å². The molecule has 0 unspecified atom stereocenters. The van der Waals surface area contributed by atoms with Crippen LogP contribution in [0.3, 0.4) is 0 Å². The molecule has 1 aliphatic carbocycles. The summed E-state index contributed by atoms with van der Waals surface area (Å²) in [5.41, 5.74) is 2.19. The van der Waals surface area contributed by atoms with Gasteiger partial charge in [-0.2, -0.15) is 0 Å². The monoisotopic (exact) mass is 346 g/mol. The molecule has 0 bridgehead atoms. The standard InChI is InChI=1S/C20H30O3Si/c1-20(2,3)24(4,5)23-18-12-10-15(11-13-19(21)22)14-17(18)16-8-6-7-9-16/h10-14,16H,6-9H2,1-5H3,(H,21,22)/b13-11+. The van der Waals surface area contributed by atoms with Gasteiger partial charge >= 0.3 is 5.97 Å². The van der Waals surface area contributed by atoms with E-state index in [0.29, 0.717) is 5.92 Å². The number of rotatable bonds is 5. The fourth-order valence-electron chi connectivity index (χ4n) is 2.91. The minimum atomic E-state index is -1.89. The van der Waals surface area contributed by atoms with Gasteiger partial charge in [-0.15, -0.1) is 0 Å². The van der Waals surface area contributed by atoms with Crippen LogP contribution < -0.4 is 4.43 Å². The first-order valence-corrected chi connectivity index (χ1v) is 11.7. The Hall–Kier alpha value is -1.55. The summed E-state index contributed by atoms with van der Waals surface area (Å²) in [6.07, 6.45) is 7.78. The molecule has 0 atom stereocenters. The van der Waals surface area contributed by atoms with Crippen LogP contribution in [0, 0.1) is 0 Å². The molecule has 0 aromatic heterocycles. The molecule has 1 aromatic rings. The molecule has 1 aromatic carbocycles. The summed E-state index contributed by atoms with van der Waals surface area (Å²) in [4.78, 5) is 10.8. The lowest BCUT2D eigenvalue weighted by atomic mass is 9.95. The zero-order valence-electron chi connectivity index (χ0n) is 15.6. The van der Waals surface area contributed by atoms with Crippen molar-refractivity contribution < 1.29 is 14.3 Å². The molecule has 2 rings (SSSR count). The molecule has 3 nitrogen and oxygen atoms in total. The van der Waals surface area contributed by atoms with Gasteiger partial charge in [0, 0.05) is 6.08 Å². The van der Waals surface area contributed by atoms with Gasteiger partial charge in [0.2, 0.25) is 8.32 Å². The van der Waals surface area contributed by atoms with Crippen molar-refractivity contribution in [2.75, 3.05) is 0 Å². The Morgan fingerprint density at radius 1 is 1.25 bits per heavy atom. The third-order valence-electron chi connectivity index (χ3n) is 5.42. The molecule has 24 heavy (non-hydrogen) atoms. The number of benzene rings is 1. The highest BCUT2D eigenvalue weighted by molar-refractivity contribution is 6.74. The lowest BCUT2D eigenvalue weighted by molar-refractivity contribution is -0.131. The van der Waals surface area contributed by atoms with Crippen LogP contribution >= 0.6 is 0 Å². The van der Waals surface area contributed by atoms with Gasteiger partial charge in [-0.05, 0) is 66.2 Å². The fraction of sp³-hybridized carbons (Fsp3) is 0.550. The molecule has 1 aliphatic rings. The van der Waals surface area contributed by atoms with Crippen LogP contribution in [0.4, 0.5) is 0 Å². The number of carbonyl (C=O) groups is 1. The zero-order chi connectivity index (χ0) is 18.0. The predicted octanol–water partition coefficient (Wildman–Crippen LogP) is 5.83. The Morgan fingerprint density at radius 2 is 1.88 bits per heavy atom. The Morgan fingerprint density at radius 3 is 2.42 bits per heavy atom. The number of hydrogen-bond donors (Lipinski definition) is 1. The first-order valence-electron chi connectivity index (χ1n) is 8.84. The Bertz CT molecular complexity index is 620. The number of carboxylic acids is 1. The van der Waals surface area contributed by atoms with E-state index in [2.05, 4.69) is 39.9 Å². The molecule has 0 aliphatic heterocycles. The van der Waals surface area contributed by atoms with Crippen molar-refractivity contribution in [2.45, 2.75) is 70.5 Å². The number of aliphatic carboxylic acids is 1. The molecule has 0 spiro atoms. The van der Waals surface area contributed by atoms with Crippen molar-refractivity contribution in [1.82, 2.24) is 0 Å². The Balaban J connectivity index is 2.37. The maximum atomic E-state index is 10.8. The quantitative estimate of drug-likeness (QED) is 0.539. The van der Waals surface area contributed by atoms with Crippen LogP contribution in [0.1, 0.15) is 63.5 Å². The maximum absolute atomic E-state index is 10.8. The molecule has 1 fully saturated rings. The summed E-state index contributed by atoms with van der Waals surface area (Å²) in [6.45, 7) is 11.3. The second-order valence-electron chi connectivity index (χ2n) is 8.31. The van der Waals surface area contributed by atoms with Crippen molar-refractivity contribution in [2.24, 2.45) is 0 Å². The lowest BCUT2D eigenvalue weighted by Crippen LogP contribution is -2.44. The van der Waals surface area contributed by atoms with E-state index in [1.54, 1.807) is 6.08 Å². The highest BCUT2D eigenvalue weighted by Crippen LogP contribution is 2.43. The summed E-state index contributed by atoms with van der Waals surface area (Å²) < 4.78 is 6.59. The van der Waals surface area contributed by atoms with Crippen molar-refractivity contribution >= 4 is 20.4 Å². The van der Waals surface area contributed by atoms with E-state index in [9.17, 15) is 4.79 Å². The van der Waals surface area contributed by atoms with Crippen molar-refractivity contribution in [1.29, 1.82) is 0 Å². The molecule has 132 valence electrons. The minimum absolute atomic E-state index is 0.155. The van der Waals surface area contributed by atoms with E-state index >= 15 is 0 Å². The molecular formula is C20H30O3Si. The third kappa shape index (κ3) is 4.50. The van der Waals surface area contributed by atoms with Crippen LogP contribution in [0.5, 0.6) is 5.75 Å².